The van der Waals surface area contributed by atoms with Gasteiger partial charge in [0, 0.05) is 22.7 Å². The predicted octanol–water partition coefficient (Wildman–Crippen LogP) is 2.79. The van der Waals surface area contributed by atoms with Crippen molar-refractivity contribution in [1.82, 2.24) is 5.32 Å². The molecule has 0 aliphatic carbocycles. The first-order valence-electron chi connectivity index (χ1n) is 5.44. The number of phenolic OH excluding ortho intramolecular Hbond substituents is 1. The Hall–Kier alpha value is -0.930. The molecule has 2 rings (SSSR count). The number of aromatic hydroxyl groups is 1. The van der Waals surface area contributed by atoms with Crippen LogP contribution in [0.15, 0.2) is 6.07 Å². The summed E-state index contributed by atoms with van der Waals surface area (Å²) in [6, 6.07) is 1.77. The summed E-state index contributed by atoms with van der Waals surface area (Å²) >= 11 is 6.08. The van der Waals surface area contributed by atoms with Crippen molar-refractivity contribution < 1.29 is 9.84 Å². The van der Waals surface area contributed by atoms with E-state index in [0.29, 0.717) is 10.8 Å². The monoisotopic (exact) mass is 241 g/mol. The van der Waals surface area contributed by atoms with Crippen molar-refractivity contribution in [3.63, 3.8) is 0 Å². The Bertz CT molecular complexity index is 400. The number of nitrogens with one attached hydrogen (secondary N) is 1. The van der Waals surface area contributed by atoms with Crippen molar-refractivity contribution >= 4 is 11.6 Å². The number of methoxy groups -OCH3 is 1. The number of ether oxygens (including phenoxy) is 1. The summed E-state index contributed by atoms with van der Waals surface area (Å²) in [5.74, 6) is 0.656. The molecule has 1 aromatic rings. The van der Waals surface area contributed by atoms with Crippen molar-refractivity contribution in [3.05, 3.63) is 22.2 Å². The van der Waals surface area contributed by atoms with Gasteiger partial charge in [0.1, 0.15) is 0 Å². The molecule has 1 aliphatic rings. The molecule has 16 heavy (non-hydrogen) atoms. The lowest BCUT2D eigenvalue weighted by molar-refractivity contribution is 0.364. The number of phenols is 1. The van der Waals surface area contributed by atoms with Gasteiger partial charge in [-0.15, -0.1) is 0 Å². The molecule has 2 N–H and O–H groups in total. The molecular formula is C12H16ClNO2. The van der Waals surface area contributed by atoms with E-state index in [4.69, 9.17) is 16.3 Å². The minimum Gasteiger partial charge on any atom is -0.504 e. The van der Waals surface area contributed by atoms with Gasteiger partial charge >= 0.3 is 0 Å². The second kappa shape index (κ2) is 4.52. The molecule has 1 atom stereocenters. The Morgan fingerprint density at radius 1 is 1.56 bits per heavy atom. The van der Waals surface area contributed by atoms with Crippen LogP contribution in [0.2, 0.25) is 5.02 Å². The summed E-state index contributed by atoms with van der Waals surface area (Å²) in [7, 11) is 1.57. The van der Waals surface area contributed by atoms with E-state index in [0.717, 1.165) is 30.5 Å². The molecule has 3 nitrogen and oxygen atoms in total. The highest BCUT2D eigenvalue weighted by atomic mass is 35.5. The predicted molar refractivity (Wildman–Crippen MR) is 64.4 cm³/mol. The van der Waals surface area contributed by atoms with E-state index >= 15 is 0 Å². The zero-order valence-electron chi connectivity index (χ0n) is 9.51. The molecule has 0 radical (unpaired) electrons. The Morgan fingerprint density at radius 3 is 2.88 bits per heavy atom. The molecule has 1 heterocycles. The zero-order valence-corrected chi connectivity index (χ0v) is 10.3. The maximum atomic E-state index is 9.82. The third-order valence-electron chi connectivity index (χ3n) is 3.12. The fourth-order valence-electron chi connectivity index (χ4n) is 2.30. The maximum Gasteiger partial charge on any atom is 0.165 e. The van der Waals surface area contributed by atoms with E-state index in [1.807, 2.05) is 6.92 Å². The van der Waals surface area contributed by atoms with Gasteiger partial charge in [-0.3, -0.25) is 0 Å². The summed E-state index contributed by atoms with van der Waals surface area (Å²) in [6.07, 6.45) is 2.19. The Morgan fingerprint density at radius 2 is 2.31 bits per heavy atom. The lowest BCUT2D eigenvalue weighted by atomic mass is 9.98. The maximum absolute atomic E-state index is 9.82. The number of rotatable bonds is 2. The van der Waals surface area contributed by atoms with Gasteiger partial charge in [-0.2, -0.15) is 0 Å². The van der Waals surface area contributed by atoms with Crippen LogP contribution in [0, 0.1) is 6.92 Å². The highest BCUT2D eigenvalue weighted by Gasteiger charge is 2.25. The average Bonchev–Trinajstić information content (AvgIpc) is 2.76. The molecule has 1 aliphatic heterocycles. The SMILES string of the molecule is COc1c(O)cc(Cl)c(C)c1C1CCCN1. The fraction of sp³-hybridized carbons (Fsp3) is 0.500. The van der Waals surface area contributed by atoms with Crippen molar-refractivity contribution in [2.75, 3.05) is 13.7 Å². The van der Waals surface area contributed by atoms with Crippen LogP contribution in [-0.4, -0.2) is 18.8 Å². The first-order valence-corrected chi connectivity index (χ1v) is 5.82. The third kappa shape index (κ3) is 1.85. The van der Waals surface area contributed by atoms with Crippen LogP contribution in [0.5, 0.6) is 11.5 Å². The number of benzene rings is 1. The molecule has 1 unspecified atom stereocenters. The molecule has 1 aromatic carbocycles. The van der Waals surface area contributed by atoms with Gasteiger partial charge in [-0.05, 0) is 31.9 Å². The van der Waals surface area contributed by atoms with Gasteiger partial charge < -0.3 is 15.2 Å². The Balaban J connectivity index is 2.54. The Labute approximate surface area is 100 Å². The van der Waals surface area contributed by atoms with Crippen LogP contribution in [0.1, 0.15) is 30.0 Å². The molecule has 4 heteroatoms. The van der Waals surface area contributed by atoms with Gasteiger partial charge in [0.15, 0.2) is 11.5 Å². The summed E-state index contributed by atoms with van der Waals surface area (Å²) in [6.45, 7) is 2.96. The molecule has 0 aromatic heterocycles. The van der Waals surface area contributed by atoms with E-state index in [9.17, 15) is 5.11 Å². The van der Waals surface area contributed by atoms with Gasteiger partial charge in [0.25, 0.3) is 0 Å². The number of hydrogen-bond acceptors (Lipinski definition) is 3. The first kappa shape index (κ1) is 11.6. The highest BCUT2D eigenvalue weighted by molar-refractivity contribution is 6.31. The number of hydrogen-bond donors (Lipinski definition) is 2. The standard InChI is InChI=1S/C12H16ClNO2/c1-7-8(13)6-10(15)12(16-2)11(7)9-4-3-5-14-9/h6,9,14-15H,3-5H2,1-2H3. The summed E-state index contributed by atoms with van der Waals surface area (Å²) in [5.41, 5.74) is 1.97. The first-order chi connectivity index (χ1) is 7.65. The van der Waals surface area contributed by atoms with Crippen molar-refractivity contribution in [1.29, 1.82) is 0 Å². The quantitative estimate of drug-likeness (QED) is 0.837. The molecule has 1 saturated heterocycles. The van der Waals surface area contributed by atoms with Crippen LogP contribution in [0.4, 0.5) is 0 Å². The largest absolute Gasteiger partial charge is 0.504 e. The van der Waals surface area contributed by atoms with Crippen molar-refractivity contribution in [3.8, 4) is 11.5 Å². The molecule has 0 spiro atoms. The van der Waals surface area contributed by atoms with Crippen LogP contribution in [-0.2, 0) is 0 Å². The smallest absolute Gasteiger partial charge is 0.165 e. The van der Waals surface area contributed by atoms with Crippen molar-refractivity contribution in [2.45, 2.75) is 25.8 Å². The second-order valence-electron chi connectivity index (χ2n) is 4.10. The molecule has 88 valence electrons. The van der Waals surface area contributed by atoms with Gasteiger partial charge in [0.05, 0.1) is 7.11 Å². The summed E-state index contributed by atoms with van der Waals surface area (Å²) in [5, 5.41) is 13.8. The normalized spacial score (nSPS) is 20.1. The molecular weight excluding hydrogens is 226 g/mol. The van der Waals surface area contributed by atoms with Crippen LogP contribution in [0.3, 0.4) is 0 Å². The summed E-state index contributed by atoms with van der Waals surface area (Å²) in [4.78, 5) is 0. The summed E-state index contributed by atoms with van der Waals surface area (Å²) < 4.78 is 5.28. The van der Waals surface area contributed by atoms with Gasteiger partial charge in [-0.1, -0.05) is 11.6 Å². The fourth-order valence-corrected chi connectivity index (χ4v) is 2.50. The van der Waals surface area contributed by atoms with E-state index in [2.05, 4.69) is 5.32 Å². The van der Waals surface area contributed by atoms with E-state index in [-0.39, 0.29) is 11.8 Å². The van der Waals surface area contributed by atoms with Crippen LogP contribution in [0.25, 0.3) is 0 Å². The average molecular weight is 242 g/mol. The van der Waals surface area contributed by atoms with Crippen LogP contribution >= 0.6 is 11.6 Å². The van der Waals surface area contributed by atoms with E-state index in [1.54, 1.807) is 7.11 Å². The number of halogens is 1. The van der Waals surface area contributed by atoms with Crippen LogP contribution < -0.4 is 10.1 Å². The van der Waals surface area contributed by atoms with E-state index in [1.165, 1.54) is 6.07 Å². The molecule has 0 amide bonds. The Kier molecular flexibility index (Phi) is 3.26. The molecule has 0 bridgehead atoms. The lowest BCUT2D eigenvalue weighted by Gasteiger charge is -2.19. The minimum atomic E-state index is 0.113. The third-order valence-corrected chi connectivity index (χ3v) is 3.51. The lowest BCUT2D eigenvalue weighted by Crippen LogP contribution is -2.15. The van der Waals surface area contributed by atoms with Gasteiger partial charge in [0.2, 0.25) is 0 Å². The molecule has 0 saturated carbocycles. The zero-order chi connectivity index (χ0) is 11.7. The van der Waals surface area contributed by atoms with Gasteiger partial charge in [-0.25, -0.2) is 0 Å². The van der Waals surface area contributed by atoms with E-state index < -0.39 is 0 Å². The minimum absolute atomic E-state index is 0.113. The highest BCUT2D eigenvalue weighted by Crippen LogP contribution is 2.42. The van der Waals surface area contributed by atoms with Crippen molar-refractivity contribution in [2.24, 2.45) is 0 Å². The topological polar surface area (TPSA) is 41.5 Å². The molecule has 1 fully saturated rings. The second-order valence-corrected chi connectivity index (χ2v) is 4.51.